The van der Waals surface area contributed by atoms with E-state index in [1.807, 2.05) is 0 Å². The molecule has 0 aliphatic carbocycles. The molecule has 148 valence electrons. The van der Waals surface area contributed by atoms with Crippen molar-refractivity contribution in [1.29, 1.82) is 0 Å². The Morgan fingerprint density at radius 1 is 0.655 bits per heavy atom. The van der Waals surface area contributed by atoms with Crippen LogP contribution in [0.1, 0.15) is 48.8 Å². The van der Waals surface area contributed by atoms with Crippen molar-refractivity contribution in [3.8, 4) is 0 Å². The van der Waals surface area contributed by atoms with Crippen molar-refractivity contribution >= 4 is 0 Å². The van der Waals surface area contributed by atoms with Gasteiger partial charge in [0.1, 0.15) is 0 Å². The fourth-order valence-corrected chi connectivity index (χ4v) is 6.15. The van der Waals surface area contributed by atoms with Crippen LogP contribution >= 0.6 is 0 Å². The first-order valence-corrected chi connectivity index (χ1v) is 11.2. The molecule has 3 aromatic carbocycles. The molecule has 0 saturated carbocycles. The maximum atomic E-state index is 2.66. The number of nitrogens with zero attached hydrogens (tertiary/aromatic N) is 1. The molecule has 2 fully saturated rings. The van der Waals surface area contributed by atoms with Crippen molar-refractivity contribution in [3.63, 3.8) is 0 Å². The summed E-state index contributed by atoms with van der Waals surface area (Å²) < 4.78 is 0. The van der Waals surface area contributed by atoms with Crippen LogP contribution in [0.15, 0.2) is 91.0 Å². The Morgan fingerprint density at radius 2 is 1.03 bits per heavy atom. The van der Waals surface area contributed by atoms with Crippen LogP contribution in [-0.2, 0) is 5.41 Å². The number of benzene rings is 3. The smallest absolute Gasteiger partial charge is 0.0454 e. The van der Waals surface area contributed by atoms with E-state index in [1.54, 1.807) is 0 Å². The molecule has 0 N–H and O–H groups in total. The van der Waals surface area contributed by atoms with E-state index < -0.39 is 0 Å². The lowest BCUT2D eigenvalue weighted by Gasteiger charge is -2.43. The number of hydrogen-bond donors (Lipinski definition) is 0. The molecule has 0 unspecified atom stereocenters. The second-order valence-electron chi connectivity index (χ2n) is 9.10. The Kier molecular flexibility index (Phi) is 5.01. The van der Waals surface area contributed by atoms with Gasteiger partial charge in [-0.2, -0.15) is 0 Å². The van der Waals surface area contributed by atoms with E-state index in [9.17, 15) is 0 Å². The molecule has 5 rings (SSSR count). The highest BCUT2D eigenvalue weighted by molar-refractivity contribution is 5.50. The van der Waals surface area contributed by atoms with Gasteiger partial charge < -0.3 is 4.90 Å². The Bertz CT molecular complexity index is 808. The zero-order chi connectivity index (χ0) is 19.7. The van der Waals surface area contributed by atoms with E-state index in [0.29, 0.717) is 0 Å². The van der Waals surface area contributed by atoms with Gasteiger partial charge >= 0.3 is 0 Å². The third-order valence-electron chi connectivity index (χ3n) is 7.59. The fourth-order valence-electron chi connectivity index (χ4n) is 6.15. The predicted molar refractivity (Wildman–Crippen MR) is 121 cm³/mol. The van der Waals surface area contributed by atoms with Crippen molar-refractivity contribution in [2.45, 2.75) is 49.6 Å². The number of piperidine rings is 1. The zero-order valence-electron chi connectivity index (χ0n) is 17.4. The highest BCUT2D eigenvalue weighted by Crippen LogP contribution is 2.48. The Balaban J connectivity index is 1.64. The number of fused-ring (bicyclic) bond motifs is 2. The second-order valence-corrected chi connectivity index (χ2v) is 9.10. The molecule has 0 radical (unpaired) electrons. The van der Waals surface area contributed by atoms with Crippen LogP contribution in [0.2, 0.25) is 0 Å². The lowest BCUT2D eigenvalue weighted by molar-refractivity contribution is 0.122. The molecule has 2 atom stereocenters. The van der Waals surface area contributed by atoms with Crippen molar-refractivity contribution < 1.29 is 0 Å². The van der Waals surface area contributed by atoms with Crippen LogP contribution in [-0.4, -0.2) is 24.0 Å². The van der Waals surface area contributed by atoms with Gasteiger partial charge in [-0.25, -0.2) is 0 Å². The van der Waals surface area contributed by atoms with E-state index in [-0.39, 0.29) is 5.41 Å². The van der Waals surface area contributed by atoms with E-state index in [2.05, 4.69) is 103 Å². The summed E-state index contributed by atoms with van der Waals surface area (Å²) >= 11 is 0. The van der Waals surface area contributed by atoms with Gasteiger partial charge in [0.15, 0.2) is 0 Å². The summed E-state index contributed by atoms with van der Waals surface area (Å²) in [6, 6.07) is 35.2. The summed E-state index contributed by atoms with van der Waals surface area (Å²) in [5.41, 5.74) is 4.17. The minimum Gasteiger partial charge on any atom is -0.300 e. The molecule has 0 amide bonds. The summed E-state index contributed by atoms with van der Waals surface area (Å²) in [5, 5.41) is 0. The SMILES string of the molecule is CN1[C@H]2CC[C@H]1CC(CC(c1ccccc1)(c1ccccc1)c1ccccc1)C2. The quantitative estimate of drug-likeness (QED) is 0.470. The minimum atomic E-state index is -0.0935. The van der Waals surface area contributed by atoms with Gasteiger partial charge in [-0.3, -0.25) is 0 Å². The first-order valence-electron chi connectivity index (χ1n) is 11.2. The molecule has 1 nitrogen and oxygen atoms in total. The van der Waals surface area contributed by atoms with Crippen molar-refractivity contribution in [1.82, 2.24) is 4.90 Å². The summed E-state index contributed by atoms with van der Waals surface area (Å²) in [4.78, 5) is 2.66. The molecule has 3 aromatic rings. The highest BCUT2D eigenvalue weighted by Gasteiger charge is 2.44. The first kappa shape index (κ1) is 18.6. The van der Waals surface area contributed by atoms with Gasteiger partial charge in [0.05, 0.1) is 0 Å². The molecular formula is C28H31N. The van der Waals surface area contributed by atoms with E-state index in [1.165, 1.54) is 48.8 Å². The molecule has 2 aliphatic heterocycles. The molecule has 2 saturated heterocycles. The topological polar surface area (TPSA) is 3.24 Å². The average molecular weight is 382 g/mol. The summed E-state index contributed by atoms with van der Waals surface area (Å²) in [6.45, 7) is 0. The first-order chi connectivity index (χ1) is 14.3. The fraction of sp³-hybridized carbons (Fsp3) is 0.357. The number of hydrogen-bond acceptors (Lipinski definition) is 1. The monoisotopic (exact) mass is 381 g/mol. The molecule has 2 bridgehead atoms. The van der Waals surface area contributed by atoms with E-state index >= 15 is 0 Å². The summed E-state index contributed by atoms with van der Waals surface area (Å²) in [7, 11) is 2.34. The second kappa shape index (κ2) is 7.80. The van der Waals surface area contributed by atoms with E-state index in [4.69, 9.17) is 0 Å². The molecule has 1 heteroatoms. The highest BCUT2D eigenvalue weighted by atomic mass is 15.2. The molecule has 0 aromatic heterocycles. The van der Waals surface area contributed by atoms with Gasteiger partial charge in [-0.1, -0.05) is 91.0 Å². The van der Waals surface area contributed by atoms with Crippen LogP contribution in [0.25, 0.3) is 0 Å². The van der Waals surface area contributed by atoms with Crippen LogP contribution in [0.5, 0.6) is 0 Å². The Labute approximate surface area is 175 Å². The van der Waals surface area contributed by atoms with Gasteiger partial charge in [0.25, 0.3) is 0 Å². The van der Waals surface area contributed by atoms with Crippen LogP contribution < -0.4 is 0 Å². The maximum Gasteiger partial charge on any atom is 0.0454 e. The third kappa shape index (κ3) is 3.32. The van der Waals surface area contributed by atoms with Gasteiger partial charge in [0, 0.05) is 17.5 Å². The van der Waals surface area contributed by atoms with Gasteiger partial charge in [0.2, 0.25) is 0 Å². The lowest BCUT2D eigenvalue weighted by Crippen LogP contribution is -2.42. The minimum absolute atomic E-state index is 0.0935. The largest absolute Gasteiger partial charge is 0.300 e. The Morgan fingerprint density at radius 3 is 1.41 bits per heavy atom. The van der Waals surface area contributed by atoms with Crippen LogP contribution in [0, 0.1) is 5.92 Å². The molecule has 2 aliphatic rings. The van der Waals surface area contributed by atoms with Crippen molar-refractivity contribution in [2.24, 2.45) is 5.92 Å². The standard InChI is InChI=1S/C28H31N/c1-29-26-17-18-27(29)20-22(19-26)21-28(23-11-5-2-6-12-23,24-13-7-3-8-14-24)25-15-9-4-10-16-25/h2-16,22,26-27H,17-21H2,1H3/t26-,27-/m0/s1. The van der Waals surface area contributed by atoms with Gasteiger partial charge in [-0.05, 0) is 61.8 Å². The van der Waals surface area contributed by atoms with Gasteiger partial charge in [-0.15, -0.1) is 0 Å². The average Bonchev–Trinajstić information content (AvgIpc) is 3.00. The maximum absolute atomic E-state index is 2.66. The van der Waals surface area contributed by atoms with Crippen molar-refractivity contribution in [3.05, 3.63) is 108 Å². The zero-order valence-corrected chi connectivity index (χ0v) is 17.4. The normalized spacial score (nSPS) is 24.5. The summed E-state index contributed by atoms with van der Waals surface area (Å²) in [5.74, 6) is 0.754. The van der Waals surface area contributed by atoms with Crippen LogP contribution in [0.4, 0.5) is 0 Å². The molecule has 2 heterocycles. The molecule has 0 spiro atoms. The number of rotatable bonds is 5. The lowest BCUT2D eigenvalue weighted by atomic mass is 9.63. The van der Waals surface area contributed by atoms with Crippen molar-refractivity contribution in [2.75, 3.05) is 7.05 Å². The predicted octanol–water partition coefficient (Wildman–Crippen LogP) is 6.28. The van der Waals surface area contributed by atoms with E-state index in [0.717, 1.165) is 18.0 Å². The molecule has 29 heavy (non-hydrogen) atoms. The third-order valence-corrected chi connectivity index (χ3v) is 7.59. The summed E-state index contributed by atoms with van der Waals surface area (Å²) in [6.07, 6.45) is 6.62. The molecular weight excluding hydrogens is 350 g/mol. The Hall–Kier alpha value is -2.38. The van der Waals surface area contributed by atoms with Crippen LogP contribution in [0.3, 0.4) is 0 Å².